The van der Waals surface area contributed by atoms with Gasteiger partial charge in [-0.25, -0.2) is 0 Å². The molecule has 0 nitrogen and oxygen atoms in total. The Labute approximate surface area is 107 Å². The van der Waals surface area contributed by atoms with E-state index in [1.54, 1.807) is 11.3 Å². The quantitative estimate of drug-likeness (QED) is 0.476. The van der Waals surface area contributed by atoms with Crippen molar-refractivity contribution in [2.24, 2.45) is 0 Å². The highest BCUT2D eigenvalue weighted by molar-refractivity contribution is 14.1. The minimum Gasteiger partial charge on any atom is -0.143 e. The van der Waals surface area contributed by atoms with E-state index in [-0.39, 0.29) is 0 Å². The Morgan fingerprint density at radius 1 is 1.33 bits per heavy atom. The van der Waals surface area contributed by atoms with E-state index in [1.165, 1.54) is 17.2 Å². The average molecular weight is 418 g/mol. The maximum Gasteiger partial charge on any atom is 0.0487 e. The third-order valence-corrected chi connectivity index (χ3v) is 6.10. The Morgan fingerprint density at radius 2 is 2.08 bits per heavy atom. The first-order valence-electron chi connectivity index (χ1n) is 3.24. The number of thiophene rings is 1. The van der Waals surface area contributed by atoms with Gasteiger partial charge in [-0.3, -0.25) is 0 Å². The molecule has 0 aliphatic carbocycles. The minimum atomic E-state index is 1.09. The van der Waals surface area contributed by atoms with Crippen LogP contribution in [0.25, 0.3) is 10.1 Å². The third-order valence-electron chi connectivity index (χ3n) is 1.61. The second kappa shape index (κ2) is 3.62. The Morgan fingerprint density at radius 3 is 2.83 bits per heavy atom. The molecule has 1 aromatic carbocycles. The van der Waals surface area contributed by atoms with Gasteiger partial charge in [-0.15, -0.1) is 24.0 Å². The van der Waals surface area contributed by atoms with Crippen LogP contribution in [0.5, 0.6) is 0 Å². The molecule has 0 aliphatic heterocycles. The van der Waals surface area contributed by atoms with E-state index in [0.717, 1.165) is 4.90 Å². The molecule has 0 aliphatic rings. The van der Waals surface area contributed by atoms with Crippen molar-refractivity contribution in [2.75, 3.05) is 0 Å². The Hall–Kier alpha value is 0.990. The van der Waals surface area contributed by atoms with E-state index in [2.05, 4.69) is 75.3 Å². The summed E-state index contributed by atoms with van der Waals surface area (Å²) in [5, 5.41) is 3.44. The van der Waals surface area contributed by atoms with Crippen molar-refractivity contribution in [3.8, 4) is 0 Å². The molecule has 2 aromatic rings. The second-order valence-corrected chi connectivity index (χ2v) is 5.99. The van der Waals surface area contributed by atoms with Crippen molar-refractivity contribution in [1.82, 2.24) is 0 Å². The fourth-order valence-corrected chi connectivity index (χ4v) is 3.92. The lowest BCUT2D eigenvalue weighted by molar-refractivity contribution is 1.53. The smallest absolute Gasteiger partial charge is 0.0487 e. The van der Waals surface area contributed by atoms with Gasteiger partial charge in [0, 0.05) is 22.1 Å². The lowest BCUT2D eigenvalue weighted by Crippen LogP contribution is -1.80. The van der Waals surface area contributed by atoms with Crippen LogP contribution in [0.1, 0.15) is 0 Å². The number of thiol groups is 1. The highest BCUT2D eigenvalue weighted by Crippen LogP contribution is 2.33. The molecule has 2 rings (SSSR count). The molecule has 62 valence electrons. The lowest BCUT2D eigenvalue weighted by atomic mass is 10.3. The molecule has 0 amide bonds. The molecule has 0 fully saturated rings. The molecule has 0 saturated carbocycles. The number of hydrogen-bond donors (Lipinski definition) is 1. The predicted molar refractivity (Wildman–Crippen MR) is 74.5 cm³/mol. The molecule has 1 aromatic heterocycles. The van der Waals surface area contributed by atoms with Crippen LogP contribution in [0.4, 0.5) is 0 Å². The van der Waals surface area contributed by atoms with E-state index in [0.29, 0.717) is 0 Å². The van der Waals surface area contributed by atoms with Gasteiger partial charge in [0.15, 0.2) is 0 Å². The first-order chi connectivity index (χ1) is 5.70. The molecule has 12 heavy (non-hydrogen) atoms. The summed E-state index contributed by atoms with van der Waals surface area (Å²) in [4.78, 5) is 1.09. The summed E-state index contributed by atoms with van der Waals surface area (Å²) in [6, 6.07) is 4.27. The summed E-state index contributed by atoms with van der Waals surface area (Å²) in [6.07, 6.45) is 0. The van der Waals surface area contributed by atoms with Crippen molar-refractivity contribution in [3.05, 3.63) is 24.7 Å². The van der Waals surface area contributed by atoms with Crippen molar-refractivity contribution in [1.29, 1.82) is 0 Å². The highest BCUT2D eigenvalue weighted by Gasteiger charge is 2.06. The molecule has 0 unspecified atom stereocenters. The second-order valence-electron chi connectivity index (χ2n) is 2.35. The normalized spacial score (nSPS) is 10.9. The summed E-state index contributed by atoms with van der Waals surface area (Å²) >= 11 is 10.9. The van der Waals surface area contributed by atoms with Gasteiger partial charge in [-0.1, -0.05) is 0 Å². The zero-order valence-electron chi connectivity index (χ0n) is 5.84. The summed E-state index contributed by atoms with van der Waals surface area (Å²) in [6.45, 7) is 0. The number of rotatable bonds is 0. The van der Waals surface area contributed by atoms with Gasteiger partial charge in [0.25, 0.3) is 0 Å². The summed E-state index contributed by atoms with van der Waals surface area (Å²) in [7, 11) is 0. The van der Waals surface area contributed by atoms with Gasteiger partial charge in [-0.05, 0) is 62.7 Å². The van der Waals surface area contributed by atoms with E-state index in [9.17, 15) is 0 Å². The Balaban J connectivity index is 2.97. The van der Waals surface area contributed by atoms with Crippen LogP contribution < -0.4 is 0 Å². The summed E-state index contributed by atoms with van der Waals surface area (Å²) < 4.78 is 3.91. The zero-order valence-corrected chi connectivity index (χ0v) is 11.9. The molecule has 1 heterocycles. The van der Waals surface area contributed by atoms with Crippen molar-refractivity contribution in [2.45, 2.75) is 4.90 Å². The van der Waals surface area contributed by atoms with Crippen LogP contribution >= 0.6 is 69.1 Å². The topological polar surface area (TPSA) is 0 Å². The van der Waals surface area contributed by atoms with Crippen LogP contribution in [0, 0.1) is 7.14 Å². The van der Waals surface area contributed by atoms with Gasteiger partial charge in [-0.2, -0.15) is 0 Å². The zero-order chi connectivity index (χ0) is 8.72. The first-order valence-corrected chi connectivity index (χ1v) is 6.73. The number of hydrogen-bond acceptors (Lipinski definition) is 2. The predicted octanol–water partition coefficient (Wildman–Crippen LogP) is 4.40. The van der Waals surface area contributed by atoms with E-state index >= 15 is 0 Å². The van der Waals surface area contributed by atoms with Crippen LogP contribution in [0.2, 0.25) is 0 Å². The monoisotopic (exact) mass is 418 g/mol. The maximum atomic E-state index is 4.44. The molecule has 0 atom stereocenters. The summed E-state index contributed by atoms with van der Waals surface area (Å²) in [5.41, 5.74) is 0. The molecule has 0 bridgehead atoms. The van der Waals surface area contributed by atoms with Crippen LogP contribution in [-0.2, 0) is 0 Å². The molecule has 4 heteroatoms. The lowest BCUT2D eigenvalue weighted by Gasteiger charge is -2.00. The van der Waals surface area contributed by atoms with Gasteiger partial charge in [0.2, 0.25) is 0 Å². The van der Waals surface area contributed by atoms with Gasteiger partial charge >= 0.3 is 0 Å². The van der Waals surface area contributed by atoms with Crippen molar-refractivity contribution < 1.29 is 0 Å². The molecule has 0 N–H and O–H groups in total. The fraction of sp³-hybridized carbons (Fsp3) is 0. The fourth-order valence-electron chi connectivity index (χ4n) is 1.06. The van der Waals surface area contributed by atoms with E-state index in [1.807, 2.05) is 0 Å². The van der Waals surface area contributed by atoms with Gasteiger partial charge in [0.1, 0.15) is 0 Å². The van der Waals surface area contributed by atoms with Crippen LogP contribution in [-0.4, -0.2) is 0 Å². The van der Waals surface area contributed by atoms with Crippen LogP contribution in [0.3, 0.4) is 0 Å². The number of fused-ring (bicyclic) bond motifs is 1. The first kappa shape index (κ1) is 9.54. The maximum absolute atomic E-state index is 4.44. The van der Waals surface area contributed by atoms with Gasteiger partial charge in [0.05, 0.1) is 0 Å². The standard InChI is InChI=1S/C8H4I2S2/c9-5-3-6(11)8-4(7(5)10)1-2-12-8/h1-3,11H. The molecular formula is C8H4I2S2. The molecule has 0 saturated heterocycles. The highest BCUT2D eigenvalue weighted by atomic mass is 127. The molecule has 0 spiro atoms. The van der Waals surface area contributed by atoms with Crippen LogP contribution in [0.15, 0.2) is 22.4 Å². The third kappa shape index (κ3) is 1.51. The number of benzene rings is 1. The Kier molecular flexibility index (Phi) is 2.88. The SMILES string of the molecule is Sc1cc(I)c(I)c2ccsc12. The van der Waals surface area contributed by atoms with E-state index in [4.69, 9.17) is 0 Å². The van der Waals surface area contributed by atoms with Crippen molar-refractivity contribution >= 4 is 79.2 Å². The van der Waals surface area contributed by atoms with Gasteiger partial charge < -0.3 is 0 Å². The van der Waals surface area contributed by atoms with Crippen molar-refractivity contribution in [3.63, 3.8) is 0 Å². The average Bonchev–Trinajstić information content (AvgIpc) is 2.48. The number of halogens is 2. The minimum absolute atomic E-state index is 1.09. The largest absolute Gasteiger partial charge is 0.143 e. The Bertz CT molecular complexity index is 434. The molecule has 0 radical (unpaired) electrons. The van der Waals surface area contributed by atoms with E-state index < -0.39 is 0 Å². The molecular weight excluding hydrogens is 414 g/mol. The summed E-state index contributed by atoms with van der Waals surface area (Å²) in [5.74, 6) is 0.